The van der Waals surface area contributed by atoms with E-state index in [1.807, 2.05) is 6.07 Å². The van der Waals surface area contributed by atoms with Gasteiger partial charge in [-0.05, 0) is 49.8 Å². The van der Waals surface area contributed by atoms with Crippen molar-refractivity contribution < 1.29 is 14.3 Å². The van der Waals surface area contributed by atoms with Crippen molar-refractivity contribution >= 4 is 23.3 Å². The predicted molar refractivity (Wildman–Crippen MR) is 104 cm³/mol. The Morgan fingerprint density at radius 1 is 1.11 bits per heavy atom. The number of hydrogen-bond acceptors (Lipinski definition) is 3. The van der Waals surface area contributed by atoms with Gasteiger partial charge in [0.05, 0.1) is 11.4 Å². The molecule has 0 unspecified atom stereocenters. The first-order valence-electron chi connectivity index (χ1n) is 9.33. The summed E-state index contributed by atoms with van der Waals surface area (Å²) in [5.74, 6) is 0.788. The van der Waals surface area contributed by atoms with Crippen LogP contribution in [-0.4, -0.2) is 24.1 Å². The number of urea groups is 1. The highest BCUT2D eigenvalue weighted by Gasteiger charge is 2.28. The molecule has 27 heavy (non-hydrogen) atoms. The third-order valence-corrected chi connectivity index (χ3v) is 5.22. The van der Waals surface area contributed by atoms with Gasteiger partial charge < -0.3 is 20.7 Å². The number of fused-ring (bicyclic) bond motifs is 1. The molecule has 3 atom stereocenters. The van der Waals surface area contributed by atoms with E-state index in [9.17, 15) is 9.59 Å². The van der Waals surface area contributed by atoms with Gasteiger partial charge in [-0.3, -0.25) is 4.79 Å². The molecule has 0 radical (unpaired) electrons. The summed E-state index contributed by atoms with van der Waals surface area (Å²) in [6.07, 6.45) is 2.38. The van der Waals surface area contributed by atoms with Gasteiger partial charge in [0.15, 0.2) is 11.9 Å². The third kappa shape index (κ3) is 3.74. The normalized spacial score (nSPS) is 23.7. The minimum absolute atomic E-state index is 0.147. The van der Waals surface area contributed by atoms with Crippen LogP contribution in [0.25, 0.3) is 0 Å². The quantitative estimate of drug-likeness (QED) is 0.773. The molecule has 0 bridgehead atoms. The van der Waals surface area contributed by atoms with E-state index < -0.39 is 6.10 Å². The van der Waals surface area contributed by atoms with Crippen molar-refractivity contribution in [2.75, 3.05) is 10.6 Å². The second kappa shape index (κ2) is 7.31. The zero-order valence-corrected chi connectivity index (χ0v) is 15.2. The lowest BCUT2D eigenvalue weighted by Crippen LogP contribution is -2.37. The monoisotopic (exact) mass is 365 g/mol. The molecule has 0 aromatic heterocycles. The highest BCUT2D eigenvalue weighted by molar-refractivity contribution is 6.01. The molecule has 0 saturated heterocycles. The highest BCUT2D eigenvalue weighted by Crippen LogP contribution is 2.37. The first kappa shape index (κ1) is 17.4. The van der Waals surface area contributed by atoms with Gasteiger partial charge in [0.2, 0.25) is 0 Å². The Morgan fingerprint density at radius 2 is 1.93 bits per heavy atom. The van der Waals surface area contributed by atoms with Crippen LogP contribution in [0.1, 0.15) is 37.7 Å². The molecule has 2 aromatic carbocycles. The van der Waals surface area contributed by atoms with Gasteiger partial charge in [0, 0.05) is 6.04 Å². The van der Waals surface area contributed by atoms with E-state index in [0.29, 0.717) is 23.0 Å². The fourth-order valence-electron chi connectivity index (χ4n) is 3.81. The zero-order valence-electron chi connectivity index (χ0n) is 15.2. The smallest absolute Gasteiger partial charge is 0.319 e. The molecule has 6 heteroatoms. The van der Waals surface area contributed by atoms with Crippen LogP contribution in [0.5, 0.6) is 5.75 Å². The summed E-state index contributed by atoms with van der Waals surface area (Å²) >= 11 is 0. The molecule has 2 aliphatic rings. The summed E-state index contributed by atoms with van der Waals surface area (Å²) in [5.41, 5.74) is 2.45. The van der Waals surface area contributed by atoms with Gasteiger partial charge in [-0.2, -0.15) is 0 Å². The van der Waals surface area contributed by atoms with Gasteiger partial charge >= 0.3 is 6.03 Å². The number of anilines is 2. The van der Waals surface area contributed by atoms with Crippen LogP contribution < -0.4 is 20.7 Å². The second-order valence-corrected chi connectivity index (χ2v) is 7.15. The molecule has 1 saturated carbocycles. The Kier molecular flexibility index (Phi) is 4.71. The molecule has 1 aliphatic heterocycles. The largest absolute Gasteiger partial charge is 0.477 e. The molecule has 1 fully saturated rings. The van der Waals surface area contributed by atoms with Crippen LogP contribution in [0.15, 0.2) is 48.5 Å². The van der Waals surface area contributed by atoms with E-state index in [0.717, 1.165) is 19.3 Å². The summed E-state index contributed by atoms with van der Waals surface area (Å²) in [7, 11) is 0. The van der Waals surface area contributed by atoms with Crippen molar-refractivity contribution in [2.24, 2.45) is 0 Å². The van der Waals surface area contributed by atoms with Crippen LogP contribution in [0.3, 0.4) is 0 Å². The van der Waals surface area contributed by atoms with Crippen molar-refractivity contribution in [3.05, 3.63) is 54.1 Å². The maximum atomic E-state index is 12.5. The van der Waals surface area contributed by atoms with E-state index in [1.54, 1.807) is 25.1 Å². The summed E-state index contributed by atoms with van der Waals surface area (Å²) in [4.78, 5) is 24.2. The van der Waals surface area contributed by atoms with Gasteiger partial charge in [-0.25, -0.2) is 4.79 Å². The first-order chi connectivity index (χ1) is 13.1. The summed E-state index contributed by atoms with van der Waals surface area (Å²) in [6.45, 7) is 1.68. The second-order valence-electron chi connectivity index (χ2n) is 7.15. The lowest BCUT2D eigenvalue weighted by molar-refractivity contribution is -0.122. The number of carbonyl (C=O) groups excluding carboxylic acids is 2. The Morgan fingerprint density at radius 3 is 2.74 bits per heavy atom. The average molecular weight is 365 g/mol. The maximum absolute atomic E-state index is 12.5. The van der Waals surface area contributed by atoms with Crippen molar-refractivity contribution in [3.63, 3.8) is 0 Å². The Hall–Kier alpha value is -3.02. The number of benzene rings is 2. The molecule has 1 aliphatic carbocycles. The summed E-state index contributed by atoms with van der Waals surface area (Å²) < 4.78 is 5.67. The van der Waals surface area contributed by atoms with Crippen LogP contribution in [0, 0.1) is 0 Å². The van der Waals surface area contributed by atoms with Gasteiger partial charge in [0.1, 0.15) is 0 Å². The Bertz CT molecular complexity index is 853. The molecule has 1 heterocycles. The Balaban J connectivity index is 1.38. The molecule has 2 aromatic rings. The van der Waals surface area contributed by atoms with E-state index in [1.165, 1.54) is 5.56 Å². The molecular formula is C21H23N3O3. The number of amides is 3. The SMILES string of the molecule is C[C@H]1Oc2c(NC(=O)N[C@H]3CC[C@H](c4ccccc4)C3)cccc2NC1=O. The van der Waals surface area contributed by atoms with Gasteiger partial charge in [-0.15, -0.1) is 0 Å². The highest BCUT2D eigenvalue weighted by atomic mass is 16.5. The minimum Gasteiger partial charge on any atom is -0.477 e. The van der Waals surface area contributed by atoms with Gasteiger partial charge in [-0.1, -0.05) is 36.4 Å². The number of hydrogen-bond donors (Lipinski definition) is 3. The van der Waals surface area contributed by atoms with E-state index in [-0.39, 0.29) is 18.0 Å². The van der Waals surface area contributed by atoms with Crippen molar-refractivity contribution in [1.82, 2.24) is 5.32 Å². The summed E-state index contributed by atoms with van der Waals surface area (Å²) in [5, 5.41) is 8.71. The summed E-state index contributed by atoms with van der Waals surface area (Å²) in [6, 6.07) is 15.6. The average Bonchev–Trinajstić information content (AvgIpc) is 3.12. The van der Waals surface area contributed by atoms with Crippen LogP contribution in [-0.2, 0) is 4.79 Å². The van der Waals surface area contributed by atoms with E-state index >= 15 is 0 Å². The number of ether oxygens (including phenoxy) is 1. The number of nitrogens with one attached hydrogen (secondary N) is 3. The molecule has 3 amide bonds. The number of carbonyl (C=O) groups is 2. The lowest BCUT2D eigenvalue weighted by atomic mass is 9.98. The van der Waals surface area contributed by atoms with Crippen molar-refractivity contribution in [3.8, 4) is 5.75 Å². The molecule has 3 N–H and O–H groups in total. The minimum atomic E-state index is -0.593. The van der Waals surface area contributed by atoms with Crippen LogP contribution >= 0.6 is 0 Å². The lowest BCUT2D eigenvalue weighted by Gasteiger charge is -2.25. The van der Waals surface area contributed by atoms with E-state index in [4.69, 9.17) is 4.74 Å². The molecule has 6 nitrogen and oxygen atoms in total. The Labute approximate surface area is 158 Å². The number of para-hydroxylation sites is 1. The van der Waals surface area contributed by atoms with Crippen LogP contribution in [0.4, 0.5) is 16.2 Å². The van der Waals surface area contributed by atoms with E-state index in [2.05, 4.69) is 40.2 Å². The number of rotatable bonds is 3. The third-order valence-electron chi connectivity index (χ3n) is 5.22. The molecular weight excluding hydrogens is 342 g/mol. The maximum Gasteiger partial charge on any atom is 0.319 e. The molecule has 4 rings (SSSR count). The standard InChI is InChI=1S/C21H23N3O3/c1-13-20(25)23-17-8-5-9-18(19(17)27-13)24-21(26)22-16-11-10-15(12-16)14-6-3-2-4-7-14/h2-9,13,15-16H,10-12H2,1H3,(H,23,25)(H2,22,24,26)/t13-,15+,16+/m1/s1. The molecule has 0 spiro atoms. The van der Waals surface area contributed by atoms with Crippen molar-refractivity contribution in [1.29, 1.82) is 0 Å². The first-order valence-corrected chi connectivity index (χ1v) is 9.33. The predicted octanol–water partition coefficient (Wildman–Crippen LogP) is 3.86. The van der Waals surface area contributed by atoms with Gasteiger partial charge in [0.25, 0.3) is 5.91 Å². The van der Waals surface area contributed by atoms with Crippen molar-refractivity contribution in [2.45, 2.75) is 44.2 Å². The fraction of sp³-hybridized carbons (Fsp3) is 0.333. The topological polar surface area (TPSA) is 79.5 Å². The fourth-order valence-corrected chi connectivity index (χ4v) is 3.81. The molecule has 140 valence electrons. The zero-order chi connectivity index (χ0) is 18.8. The van der Waals surface area contributed by atoms with Crippen LogP contribution in [0.2, 0.25) is 0 Å².